The third-order valence-electron chi connectivity index (χ3n) is 5.22. The van der Waals surface area contributed by atoms with E-state index in [1.165, 1.54) is 12.1 Å². The number of rotatable bonds is 10. The van der Waals surface area contributed by atoms with Gasteiger partial charge < -0.3 is 20.1 Å². The van der Waals surface area contributed by atoms with Crippen LogP contribution < -0.4 is 34.7 Å². The van der Waals surface area contributed by atoms with Crippen LogP contribution in [0.15, 0.2) is 48.7 Å². The molecule has 33 heavy (non-hydrogen) atoms. The first kappa shape index (κ1) is 27.1. The molecule has 1 unspecified atom stereocenters. The van der Waals surface area contributed by atoms with Gasteiger partial charge >= 0.3 is 29.6 Å². The number of hydrogen-bond donors (Lipinski definition) is 2. The van der Waals surface area contributed by atoms with Gasteiger partial charge in [0.2, 0.25) is 0 Å². The van der Waals surface area contributed by atoms with Crippen LogP contribution in [-0.2, 0) is 11.2 Å². The van der Waals surface area contributed by atoms with Crippen molar-refractivity contribution in [3.8, 4) is 17.1 Å². The Kier molecular flexibility index (Phi) is 10.2. The largest absolute Gasteiger partial charge is 1.00 e. The van der Waals surface area contributed by atoms with E-state index in [4.69, 9.17) is 5.10 Å². The Balaban J connectivity index is 0.00000385. The van der Waals surface area contributed by atoms with Crippen LogP contribution in [-0.4, -0.2) is 43.2 Å². The molecule has 0 radical (unpaired) electrons. The van der Waals surface area contributed by atoms with Crippen LogP contribution in [0.2, 0.25) is 0 Å². The third-order valence-corrected chi connectivity index (χ3v) is 5.22. The van der Waals surface area contributed by atoms with E-state index in [1.54, 1.807) is 23.0 Å². The predicted molar refractivity (Wildman–Crippen MR) is 115 cm³/mol. The zero-order valence-corrected chi connectivity index (χ0v) is 21.1. The molecule has 2 N–H and O–H groups in total. The van der Waals surface area contributed by atoms with Crippen molar-refractivity contribution in [2.24, 2.45) is 0 Å². The van der Waals surface area contributed by atoms with Gasteiger partial charge in [0.15, 0.2) is 5.82 Å². The molecule has 0 aliphatic rings. The normalized spacial score (nSPS) is 12.9. The van der Waals surface area contributed by atoms with Crippen molar-refractivity contribution in [2.75, 3.05) is 0 Å². The molecular weight excluding hydrogens is 436 g/mol. The Bertz CT molecular complexity index is 1040. The minimum Gasteiger partial charge on any atom is -0.550 e. The van der Waals surface area contributed by atoms with E-state index in [-0.39, 0.29) is 47.7 Å². The molecule has 0 saturated carbocycles. The molecule has 3 aromatic rings. The molecule has 170 valence electrons. The Morgan fingerprint density at radius 1 is 1.12 bits per heavy atom. The Morgan fingerprint density at radius 3 is 2.39 bits per heavy atom. The molecule has 7 nitrogen and oxygen atoms in total. The number of nitrogens with zero attached hydrogens (tertiary/aromatic N) is 3. The number of aliphatic hydroxyl groups is 2. The van der Waals surface area contributed by atoms with Gasteiger partial charge in [0.1, 0.15) is 5.82 Å². The minimum atomic E-state index is -1.36. The zero-order valence-electron chi connectivity index (χ0n) is 19.1. The van der Waals surface area contributed by atoms with E-state index in [0.29, 0.717) is 18.7 Å². The molecule has 0 spiro atoms. The Morgan fingerprint density at radius 2 is 1.82 bits per heavy atom. The molecule has 0 fully saturated rings. The van der Waals surface area contributed by atoms with Crippen LogP contribution in [0.4, 0.5) is 4.39 Å². The van der Waals surface area contributed by atoms with Crippen LogP contribution >= 0.6 is 0 Å². The van der Waals surface area contributed by atoms with Crippen molar-refractivity contribution in [3.05, 3.63) is 65.7 Å². The molecule has 2 aromatic heterocycles. The van der Waals surface area contributed by atoms with Gasteiger partial charge in [0.25, 0.3) is 0 Å². The standard InChI is InChI=1S/C24H28FN3O4.Na/c1-15(2)23-20(11-10-18(29)13-19(30)14-22(31)32)24(16-6-8-17(25)9-7-16)28(27-23)21-5-3-4-12-26-21;/h3-9,12,15,18-19,29-30H,10-11,13-14H2,1-2H3,(H,31,32);/q;+1/p-1/t18?,19-;/m1./s1. The molecule has 2 atom stereocenters. The second kappa shape index (κ2) is 12.4. The van der Waals surface area contributed by atoms with Crippen molar-refractivity contribution in [1.82, 2.24) is 14.8 Å². The van der Waals surface area contributed by atoms with E-state index in [0.717, 1.165) is 22.5 Å². The first-order chi connectivity index (χ1) is 15.3. The fraction of sp³-hybridized carbons (Fsp3) is 0.375. The number of carbonyl (C=O) groups is 1. The first-order valence-electron chi connectivity index (χ1n) is 10.6. The van der Waals surface area contributed by atoms with E-state index in [1.807, 2.05) is 32.0 Å². The van der Waals surface area contributed by atoms with Crippen LogP contribution in [0.5, 0.6) is 0 Å². The van der Waals surface area contributed by atoms with Crippen LogP contribution in [0.3, 0.4) is 0 Å². The van der Waals surface area contributed by atoms with E-state index < -0.39 is 24.6 Å². The summed E-state index contributed by atoms with van der Waals surface area (Å²) < 4.78 is 15.3. The second-order valence-corrected chi connectivity index (χ2v) is 8.13. The van der Waals surface area contributed by atoms with E-state index in [9.17, 15) is 24.5 Å². The van der Waals surface area contributed by atoms with Gasteiger partial charge in [-0.05, 0) is 61.6 Å². The number of carboxylic acids is 1. The zero-order chi connectivity index (χ0) is 23.3. The third kappa shape index (κ3) is 7.19. The molecule has 0 aliphatic heterocycles. The Labute approximate surface area is 214 Å². The second-order valence-electron chi connectivity index (χ2n) is 8.13. The van der Waals surface area contributed by atoms with E-state index >= 15 is 0 Å². The summed E-state index contributed by atoms with van der Waals surface area (Å²) >= 11 is 0. The van der Waals surface area contributed by atoms with Gasteiger partial charge in [-0.15, -0.1) is 0 Å². The summed E-state index contributed by atoms with van der Waals surface area (Å²) in [5, 5.41) is 35.6. The summed E-state index contributed by atoms with van der Waals surface area (Å²) in [5.41, 5.74) is 3.25. The van der Waals surface area contributed by atoms with Gasteiger partial charge in [-0.25, -0.2) is 14.1 Å². The molecule has 0 amide bonds. The minimum absolute atomic E-state index is 0. The molecule has 3 rings (SSSR count). The van der Waals surface area contributed by atoms with Crippen LogP contribution in [0.1, 0.15) is 50.3 Å². The van der Waals surface area contributed by atoms with Gasteiger partial charge in [0.05, 0.1) is 23.6 Å². The molecular formula is C24H27FN3NaO4. The molecule has 1 aromatic carbocycles. The smallest absolute Gasteiger partial charge is 0.550 e. The maximum absolute atomic E-state index is 13.6. The first-order valence-corrected chi connectivity index (χ1v) is 10.6. The number of hydrogen-bond acceptors (Lipinski definition) is 6. The quantitative estimate of drug-likeness (QED) is 0.388. The maximum Gasteiger partial charge on any atom is 1.00 e. The van der Waals surface area contributed by atoms with Crippen LogP contribution in [0.25, 0.3) is 17.1 Å². The van der Waals surface area contributed by atoms with Crippen molar-refractivity contribution in [1.29, 1.82) is 0 Å². The number of carbonyl (C=O) groups excluding carboxylic acids is 1. The van der Waals surface area contributed by atoms with Crippen LogP contribution in [0, 0.1) is 5.82 Å². The fourth-order valence-electron chi connectivity index (χ4n) is 3.75. The van der Waals surface area contributed by atoms with Crippen molar-refractivity contribution < 1.29 is 54.1 Å². The van der Waals surface area contributed by atoms with E-state index in [2.05, 4.69) is 4.98 Å². The topological polar surface area (TPSA) is 111 Å². The number of aromatic nitrogens is 3. The number of pyridine rings is 1. The average Bonchev–Trinajstić information content (AvgIpc) is 3.12. The number of carboxylic acid groups (broad SMARTS) is 1. The number of aliphatic carboxylic acids is 1. The Hall–Kier alpha value is -2.10. The fourth-order valence-corrected chi connectivity index (χ4v) is 3.75. The van der Waals surface area contributed by atoms with Gasteiger partial charge in [-0.3, -0.25) is 0 Å². The predicted octanol–water partition coefficient (Wildman–Crippen LogP) is -0.615. The summed E-state index contributed by atoms with van der Waals surface area (Å²) in [6.45, 7) is 4.03. The maximum atomic E-state index is 13.6. The van der Waals surface area contributed by atoms with Gasteiger partial charge in [-0.1, -0.05) is 19.9 Å². The summed E-state index contributed by atoms with van der Waals surface area (Å²) in [4.78, 5) is 15.1. The summed E-state index contributed by atoms with van der Waals surface area (Å²) in [6, 6.07) is 11.6. The number of benzene rings is 1. The molecule has 0 saturated heterocycles. The van der Waals surface area contributed by atoms with Crippen molar-refractivity contribution in [2.45, 2.75) is 57.7 Å². The van der Waals surface area contributed by atoms with Crippen molar-refractivity contribution >= 4 is 5.97 Å². The van der Waals surface area contributed by atoms with Gasteiger partial charge in [0, 0.05) is 29.7 Å². The summed E-state index contributed by atoms with van der Waals surface area (Å²) in [7, 11) is 0. The van der Waals surface area contributed by atoms with Crippen molar-refractivity contribution in [3.63, 3.8) is 0 Å². The molecule has 2 heterocycles. The summed E-state index contributed by atoms with van der Waals surface area (Å²) in [5.74, 6) is -1.01. The monoisotopic (exact) mass is 463 g/mol. The molecule has 0 aliphatic carbocycles. The summed E-state index contributed by atoms with van der Waals surface area (Å²) in [6.07, 6.45) is -0.255. The SMILES string of the molecule is CC(C)c1nn(-c2ccccn2)c(-c2ccc(F)cc2)c1CCC(O)C[C@@H](O)CC(=O)[O-].[Na+]. The number of aliphatic hydroxyl groups excluding tert-OH is 2. The molecule has 9 heteroatoms. The molecule has 0 bridgehead atoms. The average molecular weight is 463 g/mol. The van der Waals surface area contributed by atoms with Gasteiger partial charge in [-0.2, -0.15) is 5.10 Å². The number of halogens is 1.